The highest BCUT2D eigenvalue weighted by Crippen LogP contribution is 2.31. The second-order valence-corrected chi connectivity index (χ2v) is 7.19. The van der Waals surface area contributed by atoms with Crippen LogP contribution in [0.25, 0.3) is 0 Å². The van der Waals surface area contributed by atoms with Crippen LogP contribution in [0.5, 0.6) is 5.75 Å². The van der Waals surface area contributed by atoms with Gasteiger partial charge in [0.1, 0.15) is 17.1 Å². The summed E-state index contributed by atoms with van der Waals surface area (Å²) in [4.78, 5) is 26.1. The van der Waals surface area contributed by atoms with Crippen LogP contribution >= 0.6 is 0 Å². The van der Waals surface area contributed by atoms with Gasteiger partial charge in [-0.25, -0.2) is 4.39 Å². The minimum absolute atomic E-state index is 0.242. The summed E-state index contributed by atoms with van der Waals surface area (Å²) in [5.41, 5.74) is 1.95. The molecule has 0 saturated heterocycles. The van der Waals surface area contributed by atoms with Gasteiger partial charge in [-0.05, 0) is 55.5 Å². The van der Waals surface area contributed by atoms with E-state index in [4.69, 9.17) is 0 Å². The number of nitrogens with zero attached hydrogens (tertiary/aromatic N) is 1. The molecule has 0 unspecified atom stereocenters. The summed E-state index contributed by atoms with van der Waals surface area (Å²) in [6.07, 6.45) is 3.13. The van der Waals surface area contributed by atoms with Gasteiger partial charge < -0.3 is 15.0 Å². The number of aromatic nitrogens is 1. The van der Waals surface area contributed by atoms with Crippen LogP contribution in [0.3, 0.4) is 0 Å². The van der Waals surface area contributed by atoms with Crippen molar-refractivity contribution in [2.24, 2.45) is 0 Å². The van der Waals surface area contributed by atoms with Gasteiger partial charge in [-0.15, -0.1) is 0 Å². The molecule has 2 N–H and O–H groups in total. The number of carbonyl (C=O) groups excluding carboxylic acids is 1. The van der Waals surface area contributed by atoms with E-state index in [1.54, 1.807) is 4.57 Å². The Kier molecular flexibility index (Phi) is 5.16. The van der Waals surface area contributed by atoms with Crippen LogP contribution in [0.2, 0.25) is 0 Å². The van der Waals surface area contributed by atoms with Crippen LogP contribution in [0.1, 0.15) is 40.0 Å². The van der Waals surface area contributed by atoms with E-state index in [0.717, 1.165) is 24.1 Å². The van der Waals surface area contributed by atoms with E-state index in [2.05, 4.69) is 5.32 Å². The van der Waals surface area contributed by atoms with Gasteiger partial charge >= 0.3 is 0 Å². The average Bonchev–Trinajstić information content (AvgIpc) is 2.74. The van der Waals surface area contributed by atoms with Gasteiger partial charge in [0, 0.05) is 16.9 Å². The second-order valence-electron chi connectivity index (χ2n) is 7.19. The van der Waals surface area contributed by atoms with Crippen molar-refractivity contribution in [1.82, 2.24) is 4.57 Å². The van der Waals surface area contributed by atoms with E-state index in [1.807, 2.05) is 30.3 Å². The molecule has 1 aromatic heterocycles. The Bertz CT molecular complexity index is 1110. The van der Waals surface area contributed by atoms with Crippen LogP contribution < -0.4 is 10.9 Å². The summed E-state index contributed by atoms with van der Waals surface area (Å²) in [6, 6.07) is 14.8. The number of hydrogen-bond donors (Lipinski definition) is 2. The van der Waals surface area contributed by atoms with Gasteiger partial charge in [-0.1, -0.05) is 30.3 Å². The summed E-state index contributed by atoms with van der Waals surface area (Å²) in [6.45, 7) is 0.332. The maximum absolute atomic E-state index is 13.2. The molecule has 0 aliphatic heterocycles. The van der Waals surface area contributed by atoms with Crippen molar-refractivity contribution in [1.29, 1.82) is 0 Å². The van der Waals surface area contributed by atoms with E-state index in [0.29, 0.717) is 30.6 Å². The summed E-state index contributed by atoms with van der Waals surface area (Å²) in [7, 11) is 0. The largest absolute Gasteiger partial charge is 0.507 e. The molecule has 1 heterocycles. The third kappa shape index (κ3) is 3.78. The molecule has 0 fully saturated rings. The molecule has 4 rings (SSSR count). The number of carbonyl (C=O) groups is 1. The molecule has 148 valence electrons. The molecule has 1 aliphatic rings. The van der Waals surface area contributed by atoms with Crippen molar-refractivity contribution in [3.8, 4) is 5.75 Å². The predicted octanol–water partition coefficient (Wildman–Crippen LogP) is 3.87. The van der Waals surface area contributed by atoms with Crippen molar-refractivity contribution in [3.05, 3.63) is 93.2 Å². The highest BCUT2D eigenvalue weighted by Gasteiger charge is 2.27. The molecule has 3 aromatic rings. The highest BCUT2D eigenvalue weighted by molar-refractivity contribution is 6.06. The number of amides is 1. The highest BCUT2D eigenvalue weighted by atomic mass is 19.1. The van der Waals surface area contributed by atoms with Crippen molar-refractivity contribution in [3.63, 3.8) is 0 Å². The maximum atomic E-state index is 13.2. The number of rotatable bonds is 4. The average molecular weight is 392 g/mol. The smallest absolute Gasteiger partial charge is 0.267 e. The second kappa shape index (κ2) is 7.91. The van der Waals surface area contributed by atoms with Gasteiger partial charge in [0.15, 0.2) is 0 Å². The first-order valence-corrected chi connectivity index (χ1v) is 9.63. The number of benzene rings is 2. The lowest BCUT2D eigenvalue weighted by Crippen LogP contribution is -2.34. The normalized spacial score (nSPS) is 13.0. The fourth-order valence-corrected chi connectivity index (χ4v) is 3.82. The van der Waals surface area contributed by atoms with Gasteiger partial charge in [0.05, 0.1) is 6.54 Å². The Morgan fingerprint density at radius 1 is 1.03 bits per heavy atom. The van der Waals surface area contributed by atoms with Crippen LogP contribution in [-0.4, -0.2) is 15.6 Å². The number of pyridine rings is 1. The summed E-state index contributed by atoms with van der Waals surface area (Å²) >= 11 is 0. The Balaban J connectivity index is 1.79. The Morgan fingerprint density at radius 2 is 1.72 bits per heavy atom. The zero-order valence-electron chi connectivity index (χ0n) is 15.8. The van der Waals surface area contributed by atoms with E-state index < -0.39 is 17.3 Å². The summed E-state index contributed by atoms with van der Waals surface area (Å²) in [5, 5.41) is 13.4. The van der Waals surface area contributed by atoms with E-state index in [-0.39, 0.29) is 11.3 Å². The minimum Gasteiger partial charge on any atom is -0.507 e. The third-order valence-corrected chi connectivity index (χ3v) is 5.26. The molecule has 0 saturated carbocycles. The molecule has 0 bridgehead atoms. The fraction of sp³-hybridized carbons (Fsp3) is 0.217. The maximum Gasteiger partial charge on any atom is 0.267 e. The lowest BCUT2D eigenvalue weighted by atomic mass is 9.92. The molecule has 0 atom stereocenters. The number of halogens is 1. The lowest BCUT2D eigenvalue weighted by molar-refractivity contribution is 0.102. The number of nitrogens with one attached hydrogen (secondary N) is 1. The molecule has 1 aliphatic carbocycles. The standard InChI is InChI=1S/C23H21FN2O3/c24-16-10-12-17(13-11-16)25-22(28)20-21(27)18-8-4-5-9-19(18)26(23(20)29)14-15-6-2-1-3-7-15/h1-3,6-7,10-13,27H,4-5,8-9,14H2,(H,25,28). The van der Waals surface area contributed by atoms with Crippen LogP contribution in [0, 0.1) is 5.82 Å². The van der Waals surface area contributed by atoms with E-state index >= 15 is 0 Å². The molecule has 6 heteroatoms. The summed E-state index contributed by atoms with van der Waals surface area (Å²) in [5.74, 6) is -1.37. The molecule has 1 amide bonds. The zero-order chi connectivity index (χ0) is 20.4. The first kappa shape index (κ1) is 18.9. The monoisotopic (exact) mass is 392 g/mol. The number of anilines is 1. The molecule has 5 nitrogen and oxygen atoms in total. The van der Waals surface area contributed by atoms with E-state index in [1.165, 1.54) is 24.3 Å². The lowest BCUT2D eigenvalue weighted by Gasteiger charge is -2.24. The van der Waals surface area contributed by atoms with Crippen molar-refractivity contribution in [2.45, 2.75) is 32.2 Å². The fourth-order valence-electron chi connectivity index (χ4n) is 3.82. The first-order valence-electron chi connectivity index (χ1n) is 9.63. The molecular weight excluding hydrogens is 371 g/mol. The van der Waals surface area contributed by atoms with Crippen LogP contribution in [0.4, 0.5) is 10.1 Å². The predicted molar refractivity (Wildman–Crippen MR) is 109 cm³/mol. The number of fused-ring (bicyclic) bond motifs is 1. The zero-order valence-corrected chi connectivity index (χ0v) is 15.8. The topological polar surface area (TPSA) is 71.3 Å². The van der Waals surface area contributed by atoms with Crippen molar-refractivity contribution in [2.75, 3.05) is 5.32 Å². The molecule has 29 heavy (non-hydrogen) atoms. The number of hydrogen-bond acceptors (Lipinski definition) is 3. The molecule has 0 radical (unpaired) electrons. The first-order chi connectivity index (χ1) is 14.0. The van der Waals surface area contributed by atoms with Crippen LogP contribution in [0.15, 0.2) is 59.4 Å². The summed E-state index contributed by atoms with van der Waals surface area (Å²) < 4.78 is 14.7. The molecular formula is C23H21FN2O3. The Labute approximate surface area is 167 Å². The van der Waals surface area contributed by atoms with Gasteiger partial charge in [-0.3, -0.25) is 9.59 Å². The SMILES string of the molecule is O=C(Nc1ccc(F)cc1)c1c(O)c2c(n(Cc3ccccc3)c1=O)CCCC2. The third-order valence-electron chi connectivity index (χ3n) is 5.26. The minimum atomic E-state index is -0.700. The van der Waals surface area contributed by atoms with Gasteiger partial charge in [0.2, 0.25) is 0 Å². The van der Waals surface area contributed by atoms with Gasteiger partial charge in [-0.2, -0.15) is 0 Å². The molecule has 2 aromatic carbocycles. The molecule has 0 spiro atoms. The van der Waals surface area contributed by atoms with E-state index in [9.17, 15) is 19.1 Å². The number of aromatic hydroxyl groups is 1. The van der Waals surface area contributed by atoms with Crippen molar-refractivity contribution >= 4 is 11.6 Å². The van der Waals surface area contributed by atoms with Gasteiger partial charge in [0.25, 0.3) is 11.5 Å². The quantitative estimate of drug-likeness (QED) is 0.708. The Morgan fingerprint density at radius 3 is 2.45 bits per heavy atom. The van der Waals surface area contributed by atoms with Crippen LogP contribution in [-0.2, 0) is 19.4 Å². The Hall–Kier alpha value is -3.41. The van der Waals surface area contributed by atoms with Crippen molar-refractivity contribution < 1.29 is 14.3 Å².